The summed E-state index contributed by atoms with van der Waals surface area (Å²) in [5, 5.41) is 4.97. The molecular weight excluding hydrogens is 176 g/mol. The van der Waals surface area contributed by atoms with Crippen molar-refractivity contribution in [1.29, 1.82) is 0 Å². The molecule has 0 bridgehead atoms. The van der Waals surface area contributed by atoms with Crippen molar-refractivity contribution in [2.45, 2.75) is 38.6 Å². The molecule has 0 spiro atoms. The lowest BCUT2D eigenvalue weighted by Gasteiger charge is -2.27. The summed E-state index contributed by atoms with van der Waals surface area (Å²) in [7, 11) is 0. The minimum atomic E-state index is -0.566. The lowest BCUT2D eigenvalue weighted by Crippen LogP contribution is -2.41. The molecule has 0 saturated heterocycles. The molecule has 0 aromatic heterocycles. The summed E-state index contributed by atoms with van der Waals surface area (Å²) in [5.41, 5.74) is 0.402. The van der Waals surface area contributed by atoms with E-state index in [9.17, 15) is 4.79 Å². The Bertz CT molecular complexity index is 242. The molecule has 1 atom stereocenters. The van der Waals surface area contributed by atoms with E-state index >= 15 is 0 Å². The van der Waals surface area contributed by atoms with E-state index in [2.05, 4.69) is 5.10 Å². The van der Waals surface area contributed by atoms with Gasteiger partial charge in [-0.2, -0.15) is 5.10 Å². The molecule has 1 amide bonds. The zero-order valence-electron chi connectivity index (χ0n) is 7.76. The average molecular weight is 189 g/mol. The second kappa shape index (κ2) is 2.73. The molecule has 0 radical (unpaired) electrons. The monoisotopic (exact) mass is 188 g/mol. The average Bonchev–Trinajstić information content (AvgIpc) is 2.15. The van der Waals surface area contributed by atoms with Gasteiger partial charge in [0, 0.05) is 0 Å². The third-order valence-corrected chi connectivity index (χ3v) is 2.19. The van der Waals surface area contributed by atoms with E-state index < -0.39 is 5.38 Å². The molecule has 0 saturated carbocycles. The van der Waals surface area contributed by atoms with Crippen LogP contribution in [0, 0.1) is 0 Å². The minimum Gasteiger partial charge on any atom is -0.271 e. The quantitative estimate of drug-likeness (QED) is 0.532. The summed E-state index contributed by atoms with van der Waals surface area (Å²) < 4.78 is 0. The van der Waals surface area contributed by atoms with Crippen LogP contribution in [0.1, 0.15) is 27.7 Å². The van der Waals surface area contributed by atoms with Crippen molar-refractivity contribution in [2.24, 2.45) is 5.10 Å². The van der Waals surface area contributed by atoms with Gasteiger partial charge in [0.05, 0.1) is 11.3 Å². The first kappa shape index (κ1) is 9.52. The molecule has 12 heavy (non-hydrogen) atoms. The van der Waals surface area contributed by atoms with E-state index in [1.165, 1.54) is 5.01 Å². The third-order valence-electron chi connectivity index (χ3n) is 1.69. The van der Waals surface area contributed by atoms with Crippen molar-refractivity contribution in [1.82, 2.24) is 5.01 Å². The number of carbonyl (C=O) groups excluding carboxylic acids is 1. The largest absolute Gasteiger partial charge is 0.271 e. The van der Waals surface area contributed by atoms with Gasteiger partial charge in [0.2, 0.25) is 0 Å². The van der Waals surface area contributed by atoms with E-state index in [1.807, 2.05) is 20.8 Å². The van der Waals surface area contributed by atoms with Gasteiger partial charge in [0.1, 0.15) is 0 Å². The standard InChI is InChI=1S/C8H13ClN2O/c1-5-6(9)7(12)11(10-5)8(2,3)4/h6H,1-4H3. The first-order chi connectivity index (χ1) is 5.34. The Kier molecular flexibility index (Phi) is 2.17. The van der Waals surface area contributed by atoms with Crippen molar-refractivity contribution in [3.05, 3.63) is 0 Å². The zero-order chi connectivity index (χ0) is 9.52. The molecule has 1 rings (SSSR count). The highest BCUT2D eigenvalue weighted by atomic mass is 35.5. The fraction of sp³-hybridized carbons (Fsp3) is 0.750. The van der Waals surface area contributed by atoms with Gasteiger partial charge in [0.25, 0.3) is 5.91 Å². The predicted molar refractivity (Wildman–Crippen MR) is 49.3 cm³/mol. The van der Waals surface area contributed by atoms with Gasteiger partial charge in [-0.05, 0) is 27.7 Å². The van der Waals surface area contributed by atoms with E-state index in [4.69, 9.17) is 11.6 Å². The molecule has 3 nitrogen and oxygen atoms in total. The molecule has 1 aliphatic heterocycles. The number of halogens is 1. The highest BCUT2D eigenvalue weighted by Gasteiger charge is 2.37. The van der Waals surface area contributed by atoms with Crippen molar-refractivity contribution >= 4 is 23.2 Å². The van der Waals surface area contributed by atoms with Gasteiger partial charge in [-0.3, -0.25) is 4.79 Å². The Morgan fingerprint density at radius 1 is 1.50 bits per heavy atom. The normalized spacial score (nSPS) is 24.8. The second-order valence-electron chi connectivity index (χ2n) is 3.92. The van der Waals surface area contributed by atoms with E-state index in [1.54, 1.807) is 6.92 Å². The van der Waals surface area contributed by atoms with Crippen LogP contribution in [0.4, 0.5) is 0 Å². The molecule has 1 unspecified atom stereocenters. The Balaban J connectivity index is 2.91. The predicted octanol–water partition coefficient (Wildman–Crippen LogP) is 1.61. The van der Waals surface area contributed by atoms with Gasteiger partial charge in [-0.15, -0.1) is 11.6 Å². The van der Waals surface area contributed by atoms with Crippen LogP contribution >= 0.6 is 11.6 Å². The molecule has 0 N–H and O–H groups in total. The van der Waals surface area contributed by atoms with Crippen LogP contribution in [0.15, 0.2) is 5.10 Å². The second-order valence-corrected chi connectivity index (χ2v) is 4.36. The number of rotatable bonds is 0. The SMILES string of the molecule is CC1=NN(C(C)(C)C)C(=O)C1Cl. The number of nitrogens with zero attached hydrogens (tertiary/aromatic N) is 2. The Hall–Kier alpha value is -0.570. The molecule has 0 aromatic carbocycles. The van der Waals surface area contributed by atoms with Crippen LogP contribution < -0.4 is 0 Å². The van der Waals surface area contributed by atoms with Gasteiger partial charge in [0.15, 0.2) is 5.38 Å². The van der Waals surface area contributed by atoms with Gasteiger partial charge in [-0.25, -0.2) is 5.01 Å². The number of carbonyl (C=O) groups is 1. The first-order valence-corrected chi connectivity index (χ1v) is 4.31. The molecule has 4 heteroatoms. The van der Waals surface area contributed by atoms with Crippen LogP contribution in [-0.4, -0.2) is 27.5 Å². The van der Waals surface area contributed by atoms with Gasteiger partial charge >= 0.3 is 0 Å². The van der Waals surface area contributed by atoms with Gasteiger partial charge < -0.3 is 0 Å². The molecule has 1 aliphatic rings. The van der Waals surface area contributed by atoms with Crippen LogP contribution in [0.25, 0.3) is 0 Å². The maximum Gasteiger partial charge on any atom is 0.267 e. The number of amides is 1. The molecule has 0 aliphatic carbocycles. The van der Waals surface area contributed by atoms with Crippen LogP contribution in [0.3, 0.4) is 0 Å². The van der Waals surface area contributed by atoms with E-state index in [0.29, 0.717) is 5.71 Å². The lowest BCUT2D eigenvalue weighted by atomic mass is 10.1. The third kappa shape index (κ3) is 1.46. The van der Waals surface area contributed by atoms with Crippen molar-refractivity contribution in [3.63, 3.8) is 0 Å². The summed E-state index contributed by atoms with van der Waals surface area (Å²) in [4.78, 5) is 11.4. The van der Waals surface area contributed by atoms with Crippen LogP contribution in [0.2, 0.25) is 0 Å². The highest BCUT2D eigenvalue weighted by molar-refractivity contribution is 6.43. The number of hydrogen-bond acceptors (Lipinski definition) is 2. The fourth-order valence-corrected chi connectivity index (χ4v) is 1.16. The maximum absolute atomic E-state index is 11.4. The molecule has 0 aromatic rings. The summed E-state index contributed by atoms with van der Waals surface area (Å²) in [6.07, 6.45) is 0. The van der Waals surface area contributed by atoms with Crippen LogP contribution in [-0.2, 0) is 4.79 Å². The van der Waals surface area contributed by atoms with Crippen molar-refractivity contribution < 1.29 is 4.79 Å². The topological polar surface area (TPSA) is 32.7 Å². The van der Waals surface area contributed by atoms with Crippen molar-refractivity contribution in [3.8, 4) is 0 Å². The van der Waals surface area contributed by atoms with Gasteiger partial charge in [-0.1, -0.05) is 0 Å². The molecular formula is C8H13ClN2O. The maximum atomic E-state index is 11.4. The highest BCUT2D eigenvalue weighted by Crippen LogP contribution is 2.23. The van der Waals surface area contributed by atoms with E-state index in [-0.39, 0.29) is 11.4 Å². The molecule has 68 valence electrons. The Morgan fingerprint density at radius 2 is 2.00 bits per heavy atom. The summed E-state index contributed by atoms with van der Waals surface area (Å²) >= 11 is 5.79. The summed E-state index contributed by atoms with van der Waals surface area (Å²) in [5.74, 6) is -0.123. The molecule has 0 fully saturated rings. The zero-order valence-corrected chi connectivity index (χ0v) is 8.51. The number of hydrogen-bond donors (Lipinski definition) is 0. The van der Waals surface area contributed by atoms with Crippen LogP contribution in [0.5, 0.6) is 0 Å². The Labute approximate surface area is 77.4 Å². The lowest BCUT2D eigenvalue weighted by molar-refractivity contribution is -0.132. The fourth-order valence-electron chi connectivity index (χ4n) is 1.02. The number of hydrazone groups is 1. The van der Waals surface area contributed by atoms with E-state index in [0.717, 1.165) is 0 Å². The van der Waals surface area contributed by atoms with Crippen molar-refractivity contribution in [2.75, 3.05) is 0 Å². The molecule has 1 heterocycles. The first-order valence-electron chi connectivity index (χ1n) is 3.87. The summed E-state index contributed by atoms with van der Waals surface area (Å²) in [6.45, 7) is 7.55. The smallest absolute Gasteiger partial charge is 0.267 e. The minimum absolute atomic E-state index is 0.123. The number of alkyl halides is 1. The summed E-state index contributed by atoms with van der Waals surface area (Å²) in [6, 6.07) is 0. The Morgan fingerprint density at radius 3 is 2.17 bits per heavy atom.